The van der Waals surface area contributed by atoms with E-state index >= 15 is 0 Å². The van der Waals surface area contributed by atoms with E-state index in [4.69, 9.17) is 0 Å². The van der Waals surface area contributed by atoms with Crippen LogP contribution >= 0.6 is 0 Å². The van der Waals surface area contributed by atoms with E-state index < -0.39 is 0 Å². The summed E-state index contributed by atoms with van der Waals surface area (Å²) in [5.74, 6) is 0.929. The van der Waals surface area contributed by atoms with Gasteiger partial charge in [0.25, 0.3) is 0 Å². The van der Waals surface area contributed by atoms with Crippen molar-refractivity contribution in [3.8, 4) is 0 Å². The summed E-state index contributed by atoms with van der Waals surface area (Å²) >= 11 is 0. The molecule has 3 atom stereocenters. The number of rotatable bonds is 4. The van der Waals surface area contributed by atoms with Crippen molar-refractivity contribution in [2.75, 3.05) is 0 Å². The van der Waals surface area contributed by atoms with Crippen LogP contribution in [-0.2, 0) is 4.79 Å². The van der Waals surface area contributed by atoms with Crippen LogP contribution in [0.1, 0.15) is 59.8 Å². The van der Waals surface area contributed by atoms with Crippen LogP contribution in [0.2, 0.25) is 0 Å². The quantitative estimate of drug-likeness (QED) is 0.807. The van der Waals surface area contributed by atoms with E-state index in [0.717, 1.165) is 18.8 Å². The standard InChI is InChI=1S/C15H28N2O/c1-10-7-13(9-15(3,4)8-10)16-11(2)14(18)17-12-5-6-12/h10-13,16H,5-9H2,1-4H3,(H,17,18). The van der Waals surface area contributed by atoms with Gasteiger partial charge in [-0.1, -0.05) is 20.8 Å². The lowest BCUT2D eigenvalue weighted by molar-refractivity contribution is -0.123. The van der Waals surface area contributed by atoms with Gasteiger partial charge >= 0.3 is 0 Å². The zero-order chi connectivity index (χ0) is 13.3. The molecule has 3 unspecified atom stereocenters. The lowest BCUT2D eigenvalue weighted by Crippen LogP contribution is -2.50. The number of hydrogen-bond donors (Lipinski definition) is 2. The van der Waals surface area contributed by atoms with E-state index in [-0.39, 0.29) is 11.9 Å². The molecule has 0 aromatic heterocycles. The molecule has 0 radical (unpaired) electrons. The van der Waals surface area contributed by atoms with Gasteiger partial charge in [0.05, 0.1) is 6.04 Å². The monoisotopic (exact) mass is 252 g/mol. The van der Waals surface area contributed by atoms with Crippen molar-refractivity contribution in [1.82, 2.24) is 10.6 Å². The first-order valence-electron chi connectivity index (χ1n) is 7.42. The van der Waals surface area contributed by atoms with Gasteiger partial charge in [-0.25, -0.2) is 0 Å². The van der Waals surface area contributed by atoms with Gasteiger partial charge in [-0.2, -0.15) is 0 Å². The fraction of sp³-hybridized carbons (Fsp3) is 0.933. The lowest BCUT2D eigenvalue weighted by Gasteiger charge is -2.40. The molecule has 0 aromatic carbocycles. The molecule has 2 rings (SSSR count). The number of hydrogen-bond acceptors (Lipinski definition) is 2. The highest BCUT2D eigenvalue weighted by molar-refractivity contribution is 5.81. The second-order valence-electron chi connectivity index (χ2n) is 7.28. The molecule has 2 saturated carbocycles. The zero-order valence-electron chi connectivity index (χ0n) is 12.3. The van der Waals surface area contributed by atoms with E-state index in [2.05, 4.69) is 31.4 Å². The van der Waals surface area contributed by atoms with E-state index in [0.29, 0.717) is 17.5 Å². The highest BCUT2D eigenvalue weighted by Gasteiger charge is 2.33. The van der Waals surface area contributed by atoms with Gasteiger partial charge in [0, 0.05) is 12.1 Å². The molecule has 0 saturated heterocycles. The Labute approximate surface area is 111 Å². The van der Waals surface area contributed by atoms with Gasteiger partial charge < -0.3 is 10.6 Å². The van der Waals surface area contributed by atoms with Crippen LogP contribution < -0.4 is 10.6 Å². The molecular weight excluding hydrogens is 224 g/mol. The molecule has 0 aliphatic heterocycles. The number of amides is 1. The van der Waals surface area contributed by atoms with Gasteiger partial charge in [-0.15, -0.1) is 0 Å². The van der Waals surface area contributed by atoms with E-state index in [1.807, 2.05) is 6.92 Å². The van der Waals surface area contributed by atoms with Crippen LogP contribution in [-0.4, -0.2) is 24.0 Å². The Morgan fingerprint density at radius 1 is 1.22 bits per heavy atom. The van der Waals surface area contributed by atoms with Gasteiger partial charge in [-0.05, 0) is 50.4 Å². The third-order valence-corrected chi connectivity index (χ3v) is 4.19. The van der Waals surface area contributed by atoms with Crippen LogP contribution in [0.3, 0.4) is 0 Å². The van der Waals surface area contributed by atoms with Crippen LogP contribution in [0.4, 0.5) is 0 Å². The second-order valence-corrected chi connectivity index (χ2v) is 7.28. The summed E-state index contributed by atoms with van der Waals surface area (Å²) in [6.45, 7) is 8.99. The third kappa shape index (κ3) is 3.98. The molecule has 104 valence electrons. The van der Waals surface area contributed by atoms with Crippen molar-refractivity contribution < 1.29 is 4.79 Å². The SMILES string of the molecule is CC1CC(NC(C)C(=O)NC2CC2)CC(C)(C)C1. The molecular formula is C15H28N2O. The first-order valence-corrected chi connectivity index (χ1v) is 7.42. The summed E-state index contributed by atoms with van der Waals surface area (Å²) in [5.41, 5.74) is 0.405. The smallest absolute Gasteiger partial charge is 0.237 e. The summed E-state index contributed by atoms with van der Waals surface area (Å²) in [6.07, 6.45) is 5.99. The lowest BCUT2D eigenvalue weighted by atomic mass is 9.70. The van der Waals surface area contributed by atoms with Crippen molar-refractivity contribution >= 4 is 5.91 Å². The highest BCUT2D eigenvalue weighted by atomic mass is 16.2. The minimum Gasteiger partial charge on any atom is -0.352 e. The Bertz CT molecular complexity index is 310. The molecule has 3 heteroatoms. The van der Waals surface area contributed by atoms with Crippen molar-refractivity contribution in [2.45, 2.75) is 77.9 Å². The minimum absolute atomic E-state index is 0.0586. The Hall–Kier alpha value is -0.570. The summed E-state index contributed by atoms with van der Waals surface area (Å²) in [7, 11) is 0. The molecule has 2 N–H and O–H groups in total. The maximum atomic E-state index is 11.9. The van der Waals surface area contributed by atoms with Gasteiger partial charge in [0.1, 0.15) is 0 Å². The van der Waals surface area contributed by atoms with Crippen molar-refractivity contribution in [3.63, 3.8) is 0 Å². The topological polar surface area (TPSA) is 41.1 Å². The third-order valence-electron chi connectivity index (χ3n) is 4.19. The number of nitrogens with one attached hydrogen (secondary N) is 2. The van der Waals surface area contributed by atoms with Gasteiger partial charge in [0.15, 0.2) is 0 Å². The van der Waals surface area contributed by atoms with E-state index in [9.17, 15) is 4.79 Å². The van der Waals surface area contributed by atoms with Crippen LogP contribution in [0.15, 0.2) is 0 Å². The molecule has 2 aliphatic carbocycles. The average molecular weight is 252 g/mol. The van der Waals surface area contributed by atoms with E-state index in [1.165, 1.54) is 19.3 Å². The van der Waals surface area contributed by atoms with Crippen molar-refractivity contribution in [1.29, 1.82) is 0 Å². The molecule has 2 fully saturated rings. The predicted octanol–water partition coefficient (Wildman–Crippen LogP) is 2.46. The maximum absolute atomic E-state index is 11.9. The Morgan fingerprint density at radius 3 is 2.44 bits per heavy atom. The van der Waals surface area contributed by atoms with E-state index in [1.54, 1.807) is 0 Å². The first-order chi connectivity index (χ1) is 8.35. The van der Waals surface area contributed by atoms with Crippen LogP contribution in [0.5, 0.6) is 0 Å². The minimum atomic E-state index is -0.0586. The van der Waals surface area contributed by atoms with Gasteiger partial charge in [0.2, 0.25) is 5.91 Å². The number of carbonyl (C=O) groups is 1. The molecule has 3 nitrogen and oxygen atoms in total. The Balaban J connectivity index is 1.81. The zero-order valence-corrected chi connectivity index (χ0v) is 12.3. The fourth-order valence-corrected chi connectivity index (χ4v) is 3.46. The molecule has 0 aromatic rings. The fourth-order valence-electron chi connectivity index (χ4n) is 3.46. The summed E-state index contributed by atoms with van der Waals surface area (Å²) in [6, 6.07) is 0.892. The van der Waals surface area contributed by atoms with Gasteiger partial charge in [-0.3, -0.25) is 4.79 Å². The van der Waals surface area contributed by atoms with Crippen molar-refractivity contribution in [3.05, 3.63) is 0 Å². The highest BCUT2D eigenvalue weighted by Crippen LogP contribution is 2.38. The second kappa shape index (κ2) is 5.20. The largest absolute Gasteiger partial charge is 0.352 e. The molecule has 1 amide bonds. The average Bonchev–Trinajstić information content (AvgIpc) is 2.97. The summed E-state index contributed by atoms with van der Waals surface area (Å²) < 4.78 is 0. The molecule has 0 bridgehead atoms. The molecule has 2 aliphatic rings. The summed E-state index contributed by atoms with van der Waals surface area (Å²) in [5, 5.41) is 6.60. The predicted molar refractivity (Wildman–Crippen MR) is 74.3 cm³/mol. The Morgan fingerprint density at radius 2 is 1.89 bits per heavy atom. The summed E-state index contributed by atoms with van der Waals surface area (Å²) in [4.78, 5) is 11.9. The molecule has 18 heavy (non-hydrogen) atoms. The normalized spacial score (nSPS) is 32.9. The first kappa shape index (κ1) is 13.9. The number of carbonyl (C=O) groups excluding carboxylic acids is 1. The Kier molecular flexibility index (Phi) is 4.00. The van der Waals surface area contributed by atoms with Crippen molar-refractivity contribution in [2.24, 2.45) is 11.3 Å². The van der Waals surface area contributed by atoms with Crippen LogP contribution in [0.25, 0.3) is 0 Å². The molecule has 0 spiro atoms. The van der Waals surface area contributed by atoms with Crippen LogP contribution in [0, 0.1) is 11.3 Å². The maximum Gasteiger partial charge on any atom is 0.237 e. The molecule has 0 heterocycles.